The van der Waals surface area contributed by atoms with Crippen molar-refractivity contribution in [3.05, 3.63) is 54.0 Å². The highest BCUT2D eigenvalue weighted by molar-refractivity contribution is 6.02. The predicted octanol–water partition coefficient (Wildman–Crippen LogP) is 4.23. The molecule has 1 aromatic carbocycles. The van der Waals surface area contributed by atoms with Crippen molar-refractivity contribution in [1.29, 1.82) is 0 Å². The summed E-state index contributed by atoms with van der Waals surface area (Å²) in [6.07, 6.45) is 8.97. The Morgan fingerprint density at radius 1 is 0.889 bits per heavy atom. The molecule has 0 radical (unpaired) electrons. The summed E-state index contributed by atoms with van der Waals surface area (Å²) in [5.74, 6) is 2.37. The lowest BCUT2D eigenvalue weighted by atomic mass is 9.53. The Morgan fingerprint density at radius 3 is 2.07 bits per heavy atom. The summed E-state index contributed by atoms with van der Waals surface area (Å²) in [6.45, 7) is 0. The van der Waals surface area contributed by atoms with E-state index in [-0.39, 0.29) is 23.1 Å². The minimum absolute atomic E-state index is 0.000797. The SMILES string of the molecule is O=C(NC12CC3CC(CC(C3)C1)C2)c1ccc(NC(=O)c2ccco2)cc1. The standard InChI is InChI=1S/C22H24N2O3/c25-20(24-22-11-14-8-15(12-22)10-16(9-14)13-22)17-3-5-18(6-4-17)23-21(26)19-2-1-7-27-19/h1-7,14-16H,8-13H2,(H,23,26)(H,24,25). The summed E-state index contributed by atoms with van der Waals surface area (Å²) < 4.78 is 5.09. The summed E-state index contributed by atoms with van der Waals surface area (Å²) in [5, 5.41) is 6.15. The molecule has 2 N–H and O–H groups in total. The van der Waals surface area contributed by atoms with Crippen molar-refractivity contribution in [2.45, 2.75) is 44.1 Å². The third-order valence-corrected chi connectivity index (χ3v) is 6.57. The van der Waals surface area contributed by atoms with Crippen LogP contribution >= 0.6 is 0 Å². The van der Waals surface area contributed by atoms with Gasteiger partial charge in [-0.2, -0.15) is 0 Å². The van der Waals surface area contributed by atoms with Crippen molar-refractivity contribution in [3.63, 3.8) is 0 Å². The Labute approximate surface area is 158 Å². The number of furan rings is 1. The Bertz CT molecular complexity index is 819. The molecule has 27 heavy (non-hydrogen) atoms. The fraction of sp³-hybridized carbons (Fsp3) is 0.455. The van der Waals surface area contributed by atoms with Gasteiger partial charge in [-0.1, -0.05) is 0 Å². The van der Waals surface area contributed by atoms with Crippen LogP contribution < -0.4 is 10.6 Å². The molecule has 5 heteroatoms. The summed E-state index contributed by atoms with van der Waals surface area (Å²) in [5.41, 5.74) is 1.29. The number of hydrogen-bond acceptors (Lipinski definition) is 3. The maximum atomic E-state index is 12.8. The van der Waals surface area contributed by atoms with Crippen LogP contribution in [0.2, 0.25) is 0 Å². The van der Waals surface area contributed by atoms with Gasteiger partial charge < -0.3 is 15.1 Å². The fourth-order valence-electron chi connectivity index (χ4n) is 5.88. The van der Waals surface area contributed by atoms with E-state index in [0.717, 1.165) is 37.0 Å². The minimum Gasteiger partial charge on any atom is -0.459 e. The van der Waals surface area contributed by atoms with Crippen molar-refractivity contribution in [3.8, 4) is 0 Å². The molecule has 1 aromatic heterocycles. The number of anilines is 1. The monoisotopic (exact) mass is 364 g/mol. The third-order valence-electron chi connectivity index (χ3n) is 6.57. The second kappa shape index (κ2) is 6.25. The summed E-state index contributed by atoms with van der Waals surface area (Å²) in [7, 11) is 0. The van der Waals surface area contributed by atoms with Crippen molar-refractivity contribution < 1.29 is 14.0 Å². The molecule has 4 aliphatic rings. The number of carbonyl (C=O) groups is 2. The number of rotatable bonds is 4. The van der Waals surface area contributed by atoms with Crippen LogP contribution in [0.25, 0.3) is 0 Å². The van der Waals surface area contributed by atoms with Crippen molar-refractivity contribution >= 4 is 17.5 Å². The van der Waals surface area contributed by atoms with Crippen LogP contribution in [0.1, 0.15) is 59.4 Å². The fourth-order valence-corrected chi connectivity index (χ4v) is 5.88. The lowest BCUT2D eigenvalue weighted by Gasteiger charge is -2.56. The molecule has 4 aliphatic carbocycles. The van der Waals surface area contributed by atoms with Gasteiger partial charge in [0.15, 0.2) is 5.76 Å². The van der Waals surface area contributed by atoms with Crippen molar-refractivity contribution in [2.24, 2.45) is 17.8 Å². The molecule has 0 unspecified atom stereocenters. The predicted molar refractivity (Wildman–Crippen MR) is 101 cm³/mol. The average molecular weight is 364 g/mol. The molecule has 0 aliphatic heterocycles. The largest absolute Gasteiger partial charge is 0.459 e. The first-order chi connectivity index (χ1) is 13.1. The summed E-state index contributed by atoms with van der Waals surface area (Å²) in [6, 6.07) is 10.3. The van der Waals surface area contributed by atoms with E-state index in [0.29, 0.717) is 11.3 Å². The molecule has 2 aromatic rings. The van der Waals surface area contributed by atoms with Gasteiger partial charge in [-0.05, 0) is 92.7 Å². The van der Waals surface area contributed by atoms with Crippen LogP contribution in [0.5, 0.6) is 0 Å². The topological polar surface area (TPSA) is 71.3 Å². The maximum absolute atomic E-state index is 12.8. The zero-order valence-electron chi connectivity index (χ0n) is 15.2. The second-order valence-corrected chi connectivity index (χ2v) is 8.66. The van der Waals surface area contributed by atoms with Gasteiger partial charge in [0.2, 0.25) is 0 Å². The molecule has 1 heterocycles. The number of nitrogens with one attached hydrogen (secondary N) is 2. The highest BCUT2D eigenvalue weighted by atomic mass is 16.3. The summed E-state index contributed by atoms with van der Waals surface area (Å²) in [4.78, 5) is 24.9. The lowest BCUT2D eigenvalue weighted by molar-refractivity contribution is -0.0167. The molecular weight excluding hydrogens is 340 g/mol. The Morgan fingerprint density at radius 2 is 1.52 bits per heavy atom. The van der Waals surface area contributed by atoms with E-state index in [1.54, 1.807) is 36.4 Å². The van der Waals surface area contributed by atoms with Crippen LogP contribution in [0, 0.1) is 17.8 Å². The average Bonchev–Trinajstić information content (AvgIpc) is 3.15. The maximum Gasteiger partial charge on any atom is 0.291 e. The van der Waals surface area contributed by atoms with E-state index in [4.69, 9.17) is 4.42 Å². The van der Waals surface area contributed by atoms with Crippen LogP contribution in [0.15, 0.2) is 47.1 Å². The van der Waals surface area contributed by atoms with Gasteiger partial charge in [0.05, 0.1) is 6.26 Å². The number of benzene rings is 1. The van der Waals surface area contributed by atoms with Gasteiger partial charge in [0.1, 0.15) is 0 Å². The van der Waals surface area contributed by atoms with E-state index in [1.165, 1.54) is 25.5 Å². The molecular formula is C22H24N2O3. The van der Waals surface area contributed by atoms with Crippen LogP contribution in [0.4, 0.5) is 5.69 Å². The van der Waals surface area contributed by atoms with Gasteiger partial charge in [-0.3, -0.25) is 9.59 Å². The first-order valence-corrected chi connectivity index (χ1v) is 9.86. The lowest BCUT2D eigenvalue weighted by Crippen LogP contribution is -2.59. The highest BCUT2D eigenvalue weighted by Gasteiger charge is 2.51. The molecule has 0 spiro atoms. The normalized spacial score (nSPS) is 30.9. The first kappa shape index (κ1) is 16.6. The third kappa shape index (κ3) is 3.15. The molecule has 4 saturated carbocycles. The second-order valence-electron chi connectivity index (χ2n) is 8.66. The van der Waals surface area contributed by atoms with E-state index < -0.39 is 0 Å². The minimum atomic E-state index is -0.300. The van der Waals surface area contributed by atoms with E-state index in [2.05, 4.69) is 10.6 Å². The molecule has 140 valence electrons. The Balaban J connectivity index is 1.25. The zero-order chi connectivity index (χ0) is 18.4. The molecule has 0 atom stereocenters. The van der Waals surface area contributed by atoms with E-state index >= 15 is 0 Å². The van der Waals surface area contributed by atoms with Gasteiger partial charge in [0.25, 0.3) is 11.8 Å². The van der Waals surface area contributed by atoms with E-state index in [1.807, 2.05) is 0 Å². The molecule has 6 rings (SSSR count). The highest BCUT2D eigenvalue weighted by Crippen LogP contribution is 2.55. The Hall–Kier alpha value is -2.56. The molecule has 5 nitrogen and oxygen atoms in total. The Kier molecular flexibility index (Phi) is 3.85. The quantitative estimate of drug-likeness (QED) is 0.853. The van der Waals surface area contributed by atoms with Gasteiger partial charge >= 0.3 is 0 Å². The molecule has 0 saturated heterocycles. The smallest absolute Gasteiger partial charge is 0.291 e. The molecule has 4 fully saturated rings. The number of amides is 2. The molecule has 2 amide bonds. The van der Waals surface area contributed by atoms with Crippen LogP contribution in [-0.4, -0.2) is 17.4 Å². The first-order valence-electron chi connectivity index (χ1n) is 9.86. The van der Waals surface area contributed by atoms with Gasteiger partial charge in [0, 0.05) is 16.8 Å². The van der Waals surface area contributed by atoms with Gasteiger partial charge in [-0.15, -0.1) is 0 Å². The van der Waals surface area contributed by atoms with E-state index in [9.17, 15) is 9.59 Å². The van der Waals surface area contributed by atoms with Gasteiger partial charge in [-0.25, -0.2) is 0 Å². The molecule has 4 bridgehead atoms. The van der Waals surface area contributed by atoms with Crippen molar-refractivity contribution in [2.75, 3.05) is 5.32 Å². The number of hydrogen-bond donors (Lipinski definition) is 2. The van der Waals surface area contributed by atoms with Crippen LogP contribution in [0.3, 0.4) is 0 Å². The zero-order valence-corrected chi connectivity index (χ0v) is 15.2. The number of carbonyl (C=O) groups excluding carboxylic acids is 2. The van der Waals surface area contributed by atoms with Crippen LogP contribution in [-0.2, 0) is 0 Å². The van der Waals surface area contributed by atoms with Crippen molar-refractivity contribution in [1.82, 2.24) is 5.32 Å². The summed E-state index contributed by atoms with van der Waals surface area (Å²) >= 11 is 0.